The minimum Gasteiger partial charge on any atom is -0.328 e. The lowest BCUT2D eigenvalue weighted by Crippen LogP contribution is -2.20. The molecule has 0 bridgehead atoms. The Balaban J connectivity index is 2.29. The molecule has 0 saturated carbocycles. The van der Waals surface area contributed by atoms with Crippen molar-refractivity contribution in [3.8, 4) is 0 Å². The van der Waals surface area contributed by atoms with Gasteiger partial charge in [-0.15, -0.1) is 0 Å². The third kappa shape index (κ3) is 4.68. The summed E-state index contributed by atoms with van der Waals surface area (Å²) in [6, 6.07) is 3.67. The Morgan fingerprint density at radius 1 is 1.38 bits per heavy atom. The molecule has 1 unspecified atom stereocenters. The Labute approximate surface area is 94.8 Å². The monoisotopic (exact) mass is 228 g/mol. The molecule has 0 spiro atoms. The van der Waals surface area contributed by atoms with E-state index in [-0.39, 0.29) is 11.9 Å². The minimum atomic E-state index is -0.409. The zero-order valence-corrected chi connectivity index (χ0v) is 9.47. The van der Waals surface area contributed by atoms with Crippen molar-refractivity contribution in [3.63, 3.8) is 0 Å². The van der Waals surface area contributed by atoms with E-state index in [2.05, 4.69) is 5.32 Å². The number of hydrogen-bond acceptors (Lipinski definition) is 2. The lowest BCUT2D eigenvalue weighted by Gasteiger charge is -2.07. The van der Waals surface area contributed by atoms with Crippen LogP contribution in [-0.2, 0) is 6.54 Å². The van der Waals surface area contributed by atoms with Gasteiger partial charge in [-0.1, -0.05) is 0 Å². The van der Waals surface area contributed by atoms with E-state index in [0.29, 0.717) is 12.1 Å². The molecule has 0 aliphatic carbocycles. The standard InChI is InChI=1S/C12H18F2N2/c1-9(15)3-2-6-16-8-10-7-11(13)4-5-12(10)14/h4-5,7,9,16H,2-3,6,8,15H2,1H3. The van der Waals surface area contributed by atoms with Crippen LogP contribution in [0, 0.1) is 11.6 Å². The van der Waals surface area contributed by atoms with E-state index in [9.17, 15) is 8.78 Å². The highest BCUT2D eigenvalue weighted by atomic mass is 19.1. The topological polar surface area (TPSA) is 38.0 Å². The Kier molecular flexibility index (Phi) is 5.35. The number of nitrogens with two attached hydrogens (primary N) is 1. The largest absolute Gasteiger partial charge is 0.328 e. The lowest BCUT2D eigenvalue weighted by molar-refractivity contribution is 0.547. The van der Waals surface area contributed by atoms with Crippen LogP contribution >= 0.6 is 0 Å². The van der Waals surface area contributed by atoms with Crippen molar-refractivity contribution in [1.82, 2.24) is 5.32 Å². The third-order valence-corrected chi connectivity index (χ3v) is 2.34. The molecule has 2 nitrogen and oxygen atoms in total. The normalized spacial score (nSPS) is 12.8. The Morgan fingerprint density at radius 3 is 2.81 bits per heavy atom. The fourth-order valence-electron chi connectivity index (χ4n) is 1.45. The number of hydrogen-bond donors (Lipinski definition) is 2. The quantitative estimate of drug-likeness (QED) is 0.732. The van der Waals surface area contributed by atoms with Gasteiger partial charge in [0.2, 0.25) is 0 Å². The fraction of sp³-hybridized carbons (Fsp3) is 0.500. The first-order valence-electron chi connectivity index (χ1n) is 5.50. The summed E-state index contributed by atoms with van der Waals surface area (Å²) in [4.78, 5) is 0. The molecule has 0 aromatic heterocycles. The first-order valence-corrected chi connectivity index (χ1v) is 5.50. The number of rotatable bonds is 6. The molecular weight excluding hydrogens is 210 g/mol. The van der Waals surface area contributed by atoms with Crippen LogP contribution in [0.15, 0.2) is 18.2 Å². The first kappa shape index (κ1) is 13.1. The maximum absolute atomic E-state index is 13.2. The van der Waals surface area contributed by atoms with E-state index >= 15 is 0 Å². The summed E-state index contributed by atoms with van der Waals surface area (Å²) in [6.07, 6.45) is 1.87. The van der Waals surface area contributed by atoms with Gasteiger partial charge in [0.15, 0.2) is 0 Å². The van der Waals surface area contributed by atoms with Crippen molar-refractivity contribution in [3.05, 3.63) is 35.4 Å². The van der Waals surface area contributed by atoms with Crippen LogP contribution in [0.4, 0.5) is 8.78 Å². The van der Waals surface area contributed by atoms with Crippen LogP contribution in [0.2, 0.25) is 0 Å². The molecule has 1 atom stereocenters. The predicted molar refractivity (Wildman–Crippen MR) is 60.9 cm³/mol. The van der Waals surface area contributed by atoms with E-state index < -0.39 is 5.82 Å². The van der Waals surface area contributed by atoms with Crippen LogP contribution < -0.4 is 11.1 Å². The molecule has 16 heavy (non-hydrogen) atoms. The van der Waals surface area contributed by atoms with Gasteiger partial charge in [-0.05, 0) is 44.5 Å². The van der Waals surface area contributed by atoms with Gasteiger partial charge in [0.25, 0.3) is 0 Å². The van der Waals surface area contributed by atoms with Crippen LogP contribution in [0.3, 0.4) is 0 Å². The van der Waals surface area contributed by atoms with Gasteiger partial charge in [0, 0.05) is 18.2 Å². The first-order chi connectivity index (χ1) is 7.59. The van der Waals surface area contributed by atoms with Gasteiger partial charge >= 0.3 is 0 Å². The SMILES string of the molecule is CC(N)CCCNCc1cc(F)ccc1F. The van der Waals surface area contributed by atoms with Crippen LogP contribution in [0.5, 0.6) is 0 Å². The van der Waals surface area contributed by atoms with Crippen molar-refractivity contribution in [1.29, 1.82) is 0 Å². The molecule has 3 N–H and O–H groups in total. The summed E-state index contributed by atoms with van der Waals surface area (Å²) >= 11 is 0. The highest BCUT2D eigenvalue weighted by Crippen LogP contribution is 2.09. The van der Waals surface area contributed by atoms with E-state index in [1.807, 2.05) is 6.92 Å². The molecular formula is C12H18F2N2. The second-order valence-electron chi connectivity index (χ2n) is 4.03. The summed E-state index contributed by atoms with van der Waals surface area (Å²) in [5.74, 6) is -0.783. The highest BCUT2D eigenvalue weighted by molar-refractivity contribution is 5.18. The number of benzene rings is 1. The fourth-order valence-corrected chi connectivity index (χ4v) is 1.45. The molecule has 0 saturated heterocycles. The highest BCUT2D eigenvalue weighted by Gasteiger charge is 2.03. The average molecular weight is 228 g/mol. The van der Waals surface area contributed by atoms with Crippen molar-refractivity contribution < 1.29 is 8.78 Å². The molecule has 0 heterocycles. The molecule has 0 aliphatic heterocycles. The Bertz CT molecular complexity index is 327. The van der Waals surface area contributed by atoms with Gasteiger partial charge in [-0.2, -0.15) is 0 Å². The minimum absolute atomic E-state index is 0.188. The molecule has 1 aromatic carbocycles. The second-order valence-corrected chi connectivity index (χ2v) is 4.03. The summed E-state index contributed by atoms with van der Waals surface area (Å²) in [5.41, 5.74) is 5.95. The maximum Gasteiger partial charge on any atom is 0.127 e. The second kappa shape index (κ2) is 6.55. The predicted octanol–water partition coefficient (Wildman–Crippen LogP) is 2.18. The summed E-state index contributed by atoms with van der Waals surface area (Å²) in [6.45, 7) is 3.06. The van der Waals surface area contributed by atoms with Crippen LogP contribution in [-0.4, -0.2) is 12.6 Å². The smallest absolute Gasteiger partial charge is 0.127 e. The van der Waals surface area contributed by atoms with Crippen molar-refractivity contribution >= 4 is 0 Å². The Hall–Kier alpha value is -1.00. The van der Waals surface area contributed by atoms with Crippen molar-refractivity contribution in [2.75, 3.05) is 6.54 Å². The average Bonchev–Trinajstić information content (AvgIpc) is 2.22. The third-order valence-electron chi connectivity index (χ3n) is 2.34. The molecule has 4 heteroatoms. The molecule has 0 aliphatic rings. The molecule has 1 aromatic rings. The van der Waals surface area contributed by atoms with Gasteiger partial charge in [0.05, 0.1) is 0 Å². The molecule has 0 amide bonds. The van der Waals surface area contributed by atoms with Crippen LogP contribution in [0.1, 0.15) is 25.3 Å². The van der Waals surface area contributed by atoms with Gasteiger partial charge in [-0.3, -0.25) is 0 Å². The summed E-state index contributed by atoms with van der Waals surface area (Å²) < 4.78 is 26.0. The Morgan fingerprint density at radius 2 is 2.12 bits per heavy atom. The van der Waals surface area contributed by atoms with E-state index in [4.69, 9.17) is 5.73 Å². The van der Waals surface area contributed by atoms with Gasteiger partial charge in [-0.25, -0.2) is 8.78 Å². The summed E-state index contributed by atoms with van der Waals surface area (Å²) in [7, 11) is 0. The van der Waals surface area contributed by atoms with Crippen molar-refractivity contribution in [2.45, 2.75) is 32.4 Å². The van der Waals surface area contributed by atoms with Crippen molar-refractivity contribution in [2.24, 2.45) is 5.73 Å². The van der Waals surface area contributed by atoms with Gasteiger partial charge in [0.1, 0.15) is 11.6 Å². The molecule has 1 rings (SSSR count). The molecule has 90 valence electrons. The maximum atomic E-state index is 13.2. The van der Waals surface area contributed by atoms with E-state index in [1.54, 1.807) is 0 Å². The summed E-state index contributed by atoms with van der Waals surface area (Å²) in [5, 5.41) is 3.06. The zero-order valence-electron chi connectivity index (χ0n) is 9.47. The van der Waals surface area contributed by atoms with Crippen LogP contribution in [0.25, 0.3) is 0 Å². The van der Waals surface area contributed by atoms with E-state index in [0.717, 1.165) is 31.5 Å². The lowest BCUT2D eigenvalue weighted by atomic mass is 10.2. The van der Waals surface area contributed by atoms with Gasteiger partial charge < -0.3 is 11.1 Å². The molecule has 0 fully saturated rings. The number of halogens is 2. The molecule has 0 radical (unpaired) electrons. The zero-order chi connectivity index (χ0) is 12.0. The number of nitrogens with one attached hydrogen (secondary N) is 1. The van der Waals surface area contributed by atoms with E-state index in [1.165, 1.54) is 6.07 Å².